The zero-order valence-electron chi connectivity index (χ0n) is 15.6. The Balaban J connectivity index is 2.08. The van der Waals surface area contributed by atoms with Crippen molar-refractivity contribution < 1.29 is 27.9 Å². The molecule has 0 saturated carbocycles. The Kier molecular flexibility index (Phi) is 6.17. The summed E-state index contributed by atoms with van der Waals surface area (Å²) in [7, 11) is 0. The lowest BCUT2D eigenvalue weighted by Crippen LogP contribution is -2.42. The van der Waals surface area contributed by atoms with E-state index in [1.165, 1.54) is 18.3 Å². The summed E-state index contributed by atoms with van der Waals surface area (Å²) in [5.74, 6) is 0.640. The number of alkyl halides is 3. The number of terminal acetylenes is 1. The molecule has 152 valence electrons. The van der Waals surface area contributed by atoms with Gasteiger partial charge in [-0.25, -0.2) is 0 Å². The maximum Gasteiger partial charge on any atom is 0.416 e. The number of phenols is 1. The van der Waals surface area contributed by atoms with E-state index in [-0.39, 0.29) is 23.4 Å². The summed E-state index contributed by atoms with van der Waals surface area (Å²) >= 11 is 0. The molecule has 0 aliphatic rings. The molecule has 0 atom stereocenters. The van der Waals surface area contributed by atoms with Crippen LogP contribution in [0.15, 0.2) is 36.5 Å². The van der Waals surface area contributed by atoms with Gasteiger partial charge >= 0.3 is 6.18 Å². The maximum absolute atomic E-state index is 12.6. The fraction of sp³-hybridized carbons (Fsp3) is 0.250. The van der Waals surface area contributed by atoms with Crippen LogP contribution in [0.1, 0.15) is 35.5 Å². The molecule has 2 amide bonds. The molecule has 0 bridgehead atoms. The Labute approximate surface area is 165 Å². The fourth-order valence-corrected chi connectivity index (χ4v) is 2.28. The van der Waals surface area contributed by atoms with Crippen molar-refractivity contribution in [1.82, 2.24) is 10.3 Å². The van der Waals surface area contributed by atoms with Crippen LogP contribution < -0.4 is 10.6 Å². The number of carbonyl (C=O) groups excluding carboxylic acids is 2. The first-order valence-corrected chi connectivity index (χ1v) is 8.36. The van der Waals surface area contributed by atoms with Gasteiger partial charge in [0, 0.05) is 17.4 Å². The number of amides is 2. The third kappa shape index (κ3) is 5.97. The smallest absolute Gasteiger partial charge is 0.416 e. The normalized spacial score (nSPS) is 11.4. The number of benzene rings is 1. The van der Waals surface area contributed by atoms with Crippen LogP contribution >= 0.6 is 0 Å². The third-order valence-corrected chi connectivity index (χ3v) is 3.83. The molecule has 0 spiro atoms. The van der Waals surface area contributed by atoms with Crippen molar-refractivity contribution in [1.29, 1.82) is 0 Å². The van der Waals surface area contributed by atoms with Gasteiger partial charge in [-0.1, -0.05) is 12.0 Å². The lowest BCUT2D eigenvalue weighted by molar-refractivity contribution is -0.137. The molecule has 9 heteroatoms. The summed E-state index contributed by atoms with van der Waals surface area (Å²) < 4.78 is 37.9. The van der Waals surface area contributed by atoms with E-state index < -0.39 is 34.8 Å². The second-order valence-electron chi connectivity index (χ2n) is 6.72. The van der Waals surface area contributed by atoms with E-state index in [0.29, 0.717) is 6.07 Å². The predicted octanol–water partition coefficient (Wildman–Crippen LogP) is 3.13. The molecule has 1 aromatic heterocycles. The average Bonchev–Trinajstić information content (AvgIpc) is 2.62. The summed E-state index contributed by atoms with van der Waals surface area (Å²) in [6.45, 7) is 3.26. The number of hydrogen-bond acceptors (Lipinski definition) is 4. The van der Waals surface area contributed by atoms with Crippen LogP contribution in [0, 0.1) is 12.3 Å². The Bertz CT molecular complexity index is 979. The summed E-state index contributed by atoms with van der Waals surface area (Å²) in [5, 5.41) is 14.9. The van der Waals surface area contributed by atoms with E-state index in [4.69, 9.17) is 6.42 Å². The highest BCUT2D eigenvalue weighted by Crippen LogP contribution is 2.32. The Morgan fingerprint density at radius 2 is 1.90 bits per heavy atom. The van der Waals surface area contributed by atoms with Gasteiger partial charge in [-0.2, -0.15) is 13.2 Å². The minimum atomic E-state index is -4.60. The van der Waals surface area contributed by atoms with Crippen molar-refractivity contribution in [3.8, 4) is 18.1 Å². The van der Waals surface area contributed by atoms with Gasteiger partial charge in [-0.05, 0) is 38.1 Å². The van der Waals surface area contributed by atoms with Gasteiger partial charge in [0.2, 0.25) is 5.91 Å². The highest BCUT2D eigenvalue weighted by molar-refractivity contribution is 5.96. The van der Waals surface area contributed by atoms with E-state index in [0.717, 1.165) is 12.1 Å². The van der Waals surface area contributed by atoms with Crippen LogP contribution in [-0.4, -0.2) is 27.4 Å². The van der Waals surface area contributed by atoms with E-state index in [1.54, 1.807) is 13.8 Å². The molecule has 2 rings (SSSR count). The molecule has 0 unspecified atom stereocenters. The van der Waals surface area contributed by atoms with Crippen LogP contribution in [0.3, 0.4) is 0 Å². The van der Waals surface area contributed by atoms with Crippen LogP contribution in [0.5, 0.6) is 5.75 Å². The molecule has 6 nitrogen and oxygen atoms in total. The summed E-state index contributed by atoms with van der Waals surface area (Å²) in [6.07, 6.45) is 1.67. The molecule has 0 fully saturated rings. The van der Waals surface area contributed by atoms with Gasteiger partial charge in [0.15, 0.2) is 0 Å². The molecule has 0 aliphatic heterocycles. The molecule has 0 saturated heterocycles. The second kappa shape index (κ2) is 8.22. The molecule has 29 heavy (non-hydrogen) atoms. The molecule has 1 heterocycles. The number of nitrogens with zero attached hydrogens (tertiary/aromatic N) is 1. The maximum atomic E-state index is 12.6. The van der Waals surface area contributed by atoms with E-state index >= 15 is 0 Å². The monoisotopic (exact) mass is 405 g/mol. The van der Waals surface area contributed by atoms with Crippen LogP contribution in [0.25, 0.3) is 0 Å². The number of nitrogens with one attached hydrogen (secondary N) is 2. The Hall–Kier alpha value is -3.54. The van der Waals surface area contributed by atoms with Crippen LogP contribution in [-0.2, 0) is 17.4 Å². The van der Waals surface area contributed by atoms with Crippen molar-refractivity contribution in [3.63, 3.8) is 0 Å². The summed E-state index contributed by atoms with van der Waals surface area (Å²) in [4.78, 5) is 28.3. The first-order valence-electron chi connectivity index (χ1n) is 8.36. The average molecular weight is 405 g/mol. The number of carbonyl (C=O) groups is 2. The van der Waals surface area contributed by atoms with E-state index in [2.05, 4.69) is 21.5 Å². The third-order valence-electron chi connectivity index (χ3n) is 3.83. The number of phenolic OH excluding ortho intramolecular Hbond substituents is 1. The van der Waals surface area contributed by atoms with Crippen molar-refractivity contribution in [2.45, 2.75) is 32.0 Å². The van der Waals surface area contributed by atoms with Crippen molar-refractivity contribution >= 4 is 17.5 Å². The number of halogens is 3. The number of rotatable bonds is 5. The standard InChI is InChI=1S/C20H18F3N3O3/c1-4-19(2,3)26-18(29)15-11-14(7-8-24-15)25-17(28)9-12-5-6-13(10-16(12)27)20(21,22)23/h1,5-8,10-11,27H,9H2,2-3H3,(H,26,29)(H,24,25,28). The predicted molar refractivity (Wildman–Crippen MR) is 100 cm³/mol. The molecule has 0 aliphatic carbocycles. The second-order valence-corrected chi connectivity index (χ2v) is 6.72. The number of anilines is 1. The highest BCUT2D eigenvalue weighted by Gasteiger charge is 2.31. The van der Waals surface area contributed by atoms with E-state index in [1.807, 2.05) is 0 Å². The summed E-state index contributed by atoms with van der Waals surface area (Å²) in [5.41, 5.74) is -1.61. The Morgan fingerprint density at radius 3 is 2.48 bits per heavy atom. The van der Waals surface area contributed by atoms with Crippen molar-refractivity contribution in [2.24, 2.45) is 0 Å². The van der Waals surface area contributed by atoms with Gasteiger partial charge in [-0.3, -0.25) is 14.6 Å². The van der Waals surface area contributed by atoms with Gasteiger partial charge in [0.1, 0.15) is 11.4 Å². The number of aromatic nitrogens is 1. The van der Waals surface area contributed by atoms with Crippen LogP contribution in [0.4, 0.5) is 18.9 Å². The first-order chi connectivity index (χ1) is 13.4. The highest BCUT2D eigenvalue weighted by atomic mass is 19.4. The topological polar surface area (TPSA) is 91.3 Å². The SMILES string of the molecule is C#CC(C)(C)NC(=O)c1cc(NC(=O)Cc2ccc(C(F)(F)F)cc2O)ccn1. The first kappa shape index (κ1) is 21.8. The minimum Gasteiger partial charge on any atom is -0.508 e. The zero-order chi connectivity index (χ0) is 21.8. The number of hydrogen-bond donors (Lipinski definition) is 3. The molecule has 3 N–H and O–H groups in total. The molecule has 2 aromatic rings. The summed E-state index contributed by atoms with van der Waals surface area (Å²) in [6, 6.07) is 5.14. The van der Waals surface area contributed by atoms with Gasteiger partial charge in [0.05, 0.1) is 17.5 Å². The number of aromatic hydroxyl groups is 1. The van der Waals surface area contributed by atoms with Crippen LogP contribution in [0.2, 0.25) is 0 Å². The van der Waals surface area contributed by atoms with Gasteiger partial charge in [-0.15, -0.1) is 6.42 Å². The van der Waals surface area contributed by atoms with Gasteiger partial charge < -0.3 is 15.7 Å². The molecular formula is C20H18F3N3O3. The molecule has 0 radical (unpaired) electrons. The van der Waals surface area contributed by atoms with E-state index in [9.17, 15) is 27.9 Å². The molecular weight excluding hydrogens is 387 g/mol. The fourth-order valence-electron chi connectivity index (χ4n) is 2.28. The number of pyridine rings is 1. The Morgan fingerprint density at radius 1 is 1.21 bits per heavy atom. The lowest BCUT2D eigenvalue weighted by atomic mass is 10.1. The molecule has 1 aromatic carbocycles. The quantitative estimate of drug-likeness (QED) is 0.667. The lowest BCUT2D eigenvalue weighted by Gasteiger charge is -2.19. The van der Waals surface area contributed by atoms with Crippen molar-refractivity contribution in [2.75, 3.05) is 5.32 Å². The minimum absolute atomic E-state index is 0.0171. The van der Waals surface area contributed by atoms with Gasteiger partial charge in [0.25, 0.3) is 5.91 Å². The van der Waals surface area contributed by atoms with Crippen molar-refractivity contribution in [3.05, 3.63) is 53.3 Å². The zero-order valence-corrected chi connectivity index (χ0v) is 15.6. The largest absolute Gasteiger partial charge is 0.508 e.